The third-order valence-electron chi connectivity index (χ3n) is 3.69. The first-order valence-corrected chi connectivity index (χ1v) is 6.94. The molecule has 0 atom stereocenters. The fourth-order valence-corrected chi connectivity index (χ4v) is 2.79. The smallest absolute Gasteiger partial charge is 0.193 e. The Morgan fingerprint density at radius 3 is 2.67 bits per heavy atom. The van der Waals surface area contributed by atoms with Gasteiger partial charge in [-0.2, -0.15) is 0 Å². The molecular weight excluding hydrogens is 286 g/mol. The van der Waals surface area contributed by atoms with Gasteiger partial charge in [-0.15, -0.1) is 0 Å². The van der Waals surface area contributed by atoms with Crippen molar-refractivity contribution < 1.29 is 4.42 Å². The summed E-state index contributed by atoms with van der Waals surface area (Å²) in [6.07, 6.45) is 0. The molecule has 102 valence electrons. The Balaban J connectivity index is 2.30. The number of aromatic nitrogens is 1. The number of hydrogen-bond acceptors (Lipinski definition) is 3. The molecule has 0 unspecified atom stereocenters. The second-order valence-electron chi connectivity index (χ2n) is 5.00. The van der Waals surface area contributed by atoms with Gasteiger partial charge in [0.1, 0.15) is 11.2 Å². The minimum Gasteiger partial charge on any atom is -0.452 e. The zero-order valence-corrected chi connectivity index (χ0v) is 11.9. The Hall–Kier alpha value is -2.39. The van der Waals surface area contributed by atoms with E-state index >= 15 is 0 Å². The van der Waals surface area contributed by atoms with Crippen LogP contribution in [0.25, 0.3) is 33.3 Å². The van der Waals surface area contributed by atoms with Gasteiger partial charge in [0.15, 0.2) is 16.8 Å². The molecule has 21 heavy (non-hydrogen) atoms. The molecule has 2 aromatic carbocycles. The quantitative estimate of drug-likeness (QED) is 0.356. The average Bonchev–Trinajstić information content (AvgIpc) is 2.51. The summed E-state index contributed by atoms with van der Waals surface area (Å²) in [6, 6.07) is 12.7. The standard InChI is InChI=1S/C17H10ClNO2/c1-9-16(20)12-5-3-2-4-11(12)15-17(9)21-14-7-6-10(18)8-13(14)19-15/h2-8H,1H3. The zero-order chi connectivity index (χ0) is 14.6. The number of hydrogen-bond donors (Lipinski definition) is 0. The minimum atomic E-state index is -0.0167. The van der Waals surface area contributed by atoms with Crippen molar-refractivity contribution in [3.8, 4) is 11.5 Å². The van der Waals surface area contributed by atoms with Gasteiger partial charge in [0.2, 0.25) is 0 Å². The molecule has 0 aromatic heterocycles. The van der Waals surface area contributed by atoms with Gasteiger partial charge in [-0.05, 0) is 25.1 Å². The second-order valence-corrected chi connectivity index (χ2v) is 5.44. The van der Waals surface area contributed by atoms with Crippen molar-refractivity contribution in [1.29, 1.82) is 0 Å². The van der Waals surface area contributed by atoms with Gasteiger partial charge in [-0.3, -0.25) is 4.79 Å². The third kappa shape index (κ3) is 1.74. The number of nitrogens with zero attached hydrogens (tertiary/aromatic N) is 1. The molecule has 1 aliphatic carbocycles. The predicted octanol–water partition coefficient (Wildman–Crippen LogP) is 4.41. The summed E-state index contributed by atoms with van der Waals surface area (Å²) in [5.41, 5.74) is 2.55. The van der Waals surface area contributed by atoms with Gasteiger partial charge in [-0.25, -0.2) is 4.98 Å². The van der Waals surface area contributed by atoms with E-state index < -0.39 is 0 Å². The van der Waals surface area contributed by atoms with Crippen LogP contribution in [0.4, 0.5) is 0 Å². The molecule has 0 spiro atoms. The molecule has 3 nitrogen and oxygen atoms in total. The summed E-state index contributed by atoms with van der Waals surface area (Å²) >= 11 is 6.01. The van der Waals surface area contributed by atoms with Crippen LogP contribution in [0, 0.1) is 6.92 Å². The summed E-state index contributed by atoms with van der Waals surface area (Å²) in [4.78, 5) is 17.1. The lowest BCUT2D eigenvalue weighted by atomic mass is 10.0. The van der Waals surface area contributed by atoms with Crippen LogP contribution >= 0.6 is 11.6 Å². The van der Waals surface area contributed by atoms with Crippen LogP contribution < -0.4 is 5.43 Å². The van der Waals surface area contributed by atoms with Crippen molar-refractivity contribution in [3.63, 3.8) is 0 Å². The molecule has 0 N–H and O–H groups in total. The molecule has 0 bridgehead atoms. The van der Waals surface area contributed by atoms with E-state index in [9.17, 15) is 4.79 Å². The molecule has 0 fully saturated rings. The van der Waals surface area contributed by atoms with Crippen LogP contribution in [0.5, 0.6) is 0 Å². The maximum atomic E-state index is 12.4. The zero-order valence-electron chi connectivity index (χ0n) is 11.2. The lowest BCUT2D eigenvalue weighted by molar-refractivity contribution is 0.609. The van der Waals surface area contributed by atoms with E-state index in [0.717, 1.165) is 5.39 Å². The van der Waals surface area contributed by atoms with Gasteiger partial charge in [0.05, 0.1) is 0 Å². The topological polar surface area (TPSA) is 43.1 Å². The van der Waals surface area contributed by atoms with E-state index in [2.05, 4.69) is 4.98 Å². The number of benzene rings is 3. The van der Waals surface area contributed by atoms with E-state index in [-0.39, 0.29) is 5.43 Å². The fourth-order valence-electron chi connectivity index (χ4n) is 2.62. The highest BCUT2D eigenvalue weighted by Gasteiger charge is 2.19. The van der Waals surface area contributed by atoms with Crippen molar-refractivity contribution in [2.24, 2.45) is 0 Å². The van der Waals surface area contributed by atoms with Crippen molar-refractivity contribution in [2.75, 3.05) is 0 Å². The molecule has 0 radical (unpaired) electrons. The highest BCUT2D eigenvalue weighted by molar-refractivity contribution is 6.31. The van der Waals surface area contributed by atoms with E-state index in [4.69, 9.17) is 16.0 Å². The van der Waals surface area contributed by atoms with E-state index in [1.54, 1.807) is 25.1 Å². The van der Waals surface area contributed by atoms with Gasteiger partial charge in [0, 0.05) is 21.4 Å². The first-order chi connectivity index (χ1) is 10.1. The SMILES string of the molecule is Cc1c2oc3ccc(Cl)cc3nc-2c2ccccc2c1=O. The lowest BCUT2D eigenvalue weighted by Gasteiger charge is -2.11. The molecule has 0 saturated heterocycles. The van der Waals surface area contributed by atoms with E-state index in [1.807, 2.05) is 24.3 Å². The molecule has 2 aliphatic rings. The Morgan fingerprint density at radius 1 is 1.10 bits per heavy atom. The van der Waals surface area contributed by atoms with Gasteiger partial charge < -0.3 is 4.42 Å². The Kier molecular flexibility index (Phi) is 2.53. The van der Waals surface area contributed by atoms with Gasteiger partial charge in [0.25, 0.3) is 0 Å². The first-order valence-electron chi connectivity index (χ1n) is 6.56. The van der Waals surface area contributed by atoms with Crippen molar-refractivity contribution in [1.82, 2.24) is 4.98 Å². The number of halogens is 1. The average molecular weight is 296 g/mol. The minimum absolute atomic E-state index is 0.0167. The van der Waals surface area contributed by atoms with Crippen LogP contribution in [0.3, 0.4) is 0 Å². The highest BCUT2D eigenvalue weighted by Crippen LogP contribution is 2.32. The Bertz CT molecular complexity index is 1040. The van der Waals surface area contributed by atoms with E-state index in [0.29, 0.717) is 38.5 Å². The Labute approximate surface area is 125 Å². The van der Waals surface area contributed by atoms with Gasteiger partial charge in [-0.1, -0.05) is 35.9 Å². The van der Waals surface area contributed by atoms with Crippen LogP contribution in [-0.2, 0) is 0 Å². The van der Waals surface area contributed by atoms with Crippen LogP contribution in [0.1, 0.15) is 5.56 Å². The summed E-state index contributed by atoms with van der Waals surface area (Å²) in [6.45, 7) is 1.77. The molecule has 0 saturated carbocycles. The predicted molar refractivity (Wildman–Crippen MR) is 84.2 cm³/mol. The molecule has 2 aromatic rings. The first kappa shape index (κ1) is 12.4. The van der Waals surface area contributed by atoms with Crippen LogP contribution in [0.2, 0.25) is 5.02 Å². The third-order valence-corrected chi connectivity index (χ3v) is 3.92. The molecule has 4 heteroatoms. The maximum absolute atomic E-state index is 12.4. The van der Waals surface area contributed by atoms with Gasteiger partial charge >= 0.3 is 0 Å². The number of rotatable bonds is 0. The molecule has 4 rings (SSSR count). The van der Waals surface area contributed by atoms with Crippen molar-refractivity contribution in [2.45, 2.75) is 6.92 Å². The lowest BCUT2D eigenvalue weighted by Crippen LogP contribution is -2.09. The maximum Gasteiger partial charge on any atom is 0.193 e. The Morgan fingerprint density at radius 2 is 1.86 bits per heavy atom. The summed E-state index contributed by atoms with van der Waals surface area (Å²) in [5, 5.41) is 2.06. The monoisotopic (exact) mass is 295 g/mol. The van der Waals surface area contributed by atoms with Crippen molar-refractivity contribution >= 4 is 33.5 Å². The molecule has 1 aliphatic heterocycles. The summed E-state index contributed by atoms with van der Waals surface area (Å²) in [5.74, 6) is 0.536. The largest absolute Gasteiger partial charge is 0.452 e. The normalized spacial score (nSPS) is 11.5. The highest BCUT2D eigenvalue weighted by atomic mass is 35.5. The second kappa shape index (κ2) is 4.30. The summed E-state index contributed by atoms with van der Waals surface area (Å²) < 4.78 is 5.90. The van der Waals surface area contributed by atoms with Crippen LogP contribution in [-0.4, -0.2) is 4.98 Å². The van der Waals surface area contributed by atoms with Crippen LogP contribution in [0.15, 0.2) is 51.7 Å². The molecule has 1 heterocycles. The molecule has 0 amide bonds. The summed E-state index contributed by atoms with van der Waals surface area (Å²) in [7, 11) is 0. The number of fused-ring (bicyclic) bond motifs is 4. The van der Waals surface area contributed by atoms with E-state index in [1.165, 1.54) is 0 Å². The fraction of sp³-hybridized carbons (Fsp3) is 0.0588. The van der Waals surface area contributed by atoms with Crippen molar-refractivity contribution in [3.05, 3.63) is 63.3 Å². The molecular formula is C17H10ClNO2.